The maximum atomic E-state index is 5.32. The lowest BCUT2D eigenvalue weighted by Crippen LogP contribution is -2.26. The largest absolute Gasteiger partial charge is 0.232 e. The smallest absolute Gasteiger partial charge is 0.164 e. The molecule has 2 heterocycles. The van der Waals surface area contributed by atoms with Gasteiger partial charge in [-0.2, -0.15) is 5.10 Å². The maximum absolute atomic E-state index is 5.32. The van der Waals surface area contributed by atoms with Crippen LogP contribution in [0.1, 0.15) is 22.3 Å². The first-order chi connectivity index (χ1) is 28.8. The average molecular weight is 740 g/mol. The summed E-state index contributed by atoms with van der Waals surface area (Å²) in [5.41, 5.74) is 16.3. The number of nitrogens with zero attached hydrogens (tertiary/aromatic N) is 5. The number of hydrogen-bond acceptors (Lipinski definition) is 4. The summed E-state index contributed by atoms with van der Waals surface area (Å²) in [6.07, 6.45) is 0. The van der Waals surface area contributed by atoms with E-state index in [1.54, 1.807) is 0 Å². The summed E-state index contributed by atoms with van der Waals surface area (Å²) in [4.78, 5) is 15.3. The van der Waals surface area contributed by atoms with Crippen LogP contribution in [0.25, 0.3) is 84.3 Å². The lowest BCUT2D eigenvalue weighted by atomic mass is 9.70. The van der Waals surface area contributed by atoms with Crippen LogP contribution in [0, 0.1) is 0 Å². The molecule has 0 bridgehead atoms. The Hall–Kier alpha value is -7.76. The quantitative estimate of drug-likeness (QED) is 0.176. The number of hydrogen-bond donors (Lipinski definition) is 0. The van der Waals surface area contributed by atoms with Crippen LogP contribution in [-0.2, 0) is 5.41 Å². The van der Waals surface area contributed by atoms with E-state index >= 15 is 0 Å². The number of para-hydroxylation sites is 2. The highest BCUT2D eigenvalue weighted by molar-refractivity contribution is 5.99. The standard InChI is InChI=1S/C53H33N5/c1-4-16-34(17-5-1)50-54-51(35-18-6-2-7-19-35)56-52(55-50)37-29-31-42-41-30-28-36(49-43-24-12-15-27-48(43)58(57-49)38-20-8-3-9-21-38)32-46(41)53(47(42)33-37)44-25-13-10-22-39(44)40-23-11-14-26-45(40)53/h1-33H. The van der Waals surface area contributed by atoms with E-state index < -0.39 is 5.41 Å². The van der Waals surface area contributed by atoms with Crippen LogP contribution in [0.4, 0.5) is 0 Å². The third-order valence-electron chi connectivity index (χ3n) is 11.9. The first kappa shape index (κ1) is 32.5. The van der Waals surface area contributed by atoms with E-state index in [4.69, 9.17) is 20.1 Å². The second-order valence-corrected chi connectivity index (χ2v) is 15.0. The molecule has 0 N–H and O–H groups in total. The minimum Gasteiger partial charge on any atom is -0.232 e. The summed E-state index contributed by atoms with van der Waals surface area (Å²) in [5.74, 6) is 1.93. The first-order valence-electron chi connectivity index (χ1n) is 19.7. The minimum atomic E-state index is -0.584. The lowest BCUT2D eigenvalue weighted by Gasteiger charge is -2.31. The Balaban J connectivity index is 1.11. The van der Waals surface area contributed by atoms with E-state index in [0.29, 0.717) is 17.5 Å². The van der Waals surface area contributed by atoms with Crippen LogP contribution < -0.4 is 0 Å². The van der Waals surface area contributed by atoms with Gasteiger partial charge in [0.15, 0.2) is 17.5 Å². The molecular formula is C53H33N5. The molecule has 2 aromatic heterocycles. The van der Waals surface area contributed by atoms with E-state index in [0.717, 1.165) is 44.5 Å². The van der Waals surface area contributed by atoms with Gasteiger partial charge in [0, 0.05) is 27.6 Å². The van der Waals surface area contributed by atoms with Crippen molar-refractivity contribution in [3.05, 3.63) is 222 Å². The summed E-state index contributed by atoms with van der Waals surface area (Å²) in [6.45, 7) is 0. The second-order valence-electron chi connectivity index (χ2n) is 15.0. The van der Waals surface area contributed by atoms with Crippen LogP contribution in [0.2, 0.25) is 0 Å². The van der Waals surface area contributed by atoms with Crippen molar-refractivity contribution < 1.29 is 0 Å². The molecule has 0 radical (unpaired) electrons. The van der Waals surface area contributed by atoms with Crippen molar-refractivity contribution in [2.75, 3.05) is 0 Å². The molecule has 12 rings (SSSR count). The van der Waals surface area contributed by atoms with Gasteiger partial charge in [-0.05, 0) is 74.8 Å². The normalized spacial score (nSPS) is 13.0. The summed E-state index contributed by atoms with van der Waals surface area (Å²) < 4.78 is 2.07. The van der Waals surface area contributed by atoms with Crippen molar-refractivity contribution in [2.45, 2.75) is 5.41 Å². The Morgan fingerprint density at radius 3 is 1.40 bits per heavy atom. The van der Waals surface area contributed by atoms with Crippen LogP contribution in [0.3, 0.4) is 0 Å². The topological polar surface area (TPSA) is 56.5 Å². The molecule has 270 valence electrons. The van der Waals surface area contributed by atoms with Crippen LogP contribution in [-0.4, -0.2) is 24.7 Å². The van der Waals surface area contributed by atoms with Crippen molar-refractivity contribution in [1.29, 1.82) is 0 Å². The van der Waals surface area contributed by atoms with E-state index in [1.165, 1.54) is 44.5 Å². The van der Waals surface area contributed by atoms with E-state index in [-0.39, 0.29) is 0 Å². The second kappa shape index (κ2) is 12.6. The Morgan fingerprint density at radius 2 is 0.793 bits per heavy atom. The molecule has 0 fully saturated rings. The predicted octanol–water partition coefficient (Wildman–Crippen LogP) is 12.2. The lowest BCUT2D eigenvalue weighted by molar-refractivity contribution is 0.794. The molecular weight excluding hydrogens is 707 g/mol. The molecule has 8 aromatic carbocycles. The first-order valence-corrected chi connectivity index (χ1v) is 19.7. The zero-order valence-electron chi connectivity index (χ0n) is 31.3. The molecule has 58 heavy (non-hydrogen) atoms. The van der Waals surface area contributed by atoms with Gasteiger partial charge in [0.25, 0.3) is 0 Å². The monoisotopic (exact) mass is 739 g/mol. The molecule has 5 nitrogen and oxygen atoms in total. The Bertz CT molecular complexity index is 3120. The summed E-state index contributed by atoms with van der Waals surface area (Å²) in [6, 6.07) is 70.8. The fourth-order valence-corrected chi connectivity index (χ4v) is 9.41. The maximum Gasteiger partial charge on any atom is 0.164 e. The van der Waals surface area contributed by atoms with Crippen molar-refractivity contribution in [2.24, 2.45) is 0 Å². The van der Waals surface area contributed by atoms with Gasteiger partial charge in [-0.15, -0.1) is 0 Å². The number of benzene rings is 8. The molecule has 1 spiro atoms. The number of aromatic nitrogens is 5. The van der Waals surface area contributed by atoms with Crippen molar-refractivity contribution in [1.82, 2.24) is 24.7 Å². The Kier molecular flexibility index (Phi) is 7.07. The highest BCUT2D eigenvalue weighted by atomic mass is 15.3. The fraction of sp³-hybridized carbons (Fsp3) is 0.0189. The summed E-state index contributed by atoms with van der Waals surface area (Å²) >= 11 is 0. The van der Waals surface area contributed by atoms with Crippen LogP contribution >= 0.6 is 0 Å². The third kappa shape index (κ3) is 4.71. The van der Waals surface area contributed by atoms with Gasteiger partial charge in [-0.3, -0.25) is 0 Å². The predicted molar refractivity (Wildman–Crippen MR) is 232 cm³/mol. The SMILES string of the molecule is c1ccc(-c2nc(-c3ccccc3)nc(-c3ccc4c(c3)C3(c5ccccc5-c5ccccc53)c3cc(-c5nn(-c6ccccc6)c6ccccc56)ccc3-4)n2)cc1. The molecule has 0 unspecified atom stereocenters. The van der Waals surface area contributed by atoms with Crippen LogP contribution in [0.5, 0.6) is 0 Å². The highest BCUT2D eigenvalue weighted by Gasteiger charge is 2.52. The zero-order chi connectivity index (χ0) is 38.2. The van der Waals surface area contributed by atoms with Gasteiger partial charge in [-0.1, -0.05) is 170 Å². The molecule has 2 aliphatic carbocycles. The molecule has 0 saturated carbocycles. The minimum absolute atomic E-state index is 0.584. The molecule has 0 aliphatic heterocycles. The van der Waals surface area contributed by atoms with Gasteiger partial charge in [0.05, 0.1) is 16.6 Å². The van der Waals surface area contributed by atoms with E-state index in [2.05, 4.69) is 162 Å². The summed E-state index contributed by atoms with van der Waals surface area (Å²) in [5, 5.41) is 6.44. The molecule has 10 aromatic rings. The third-order valence-corrected chi connectivity index (χ3v) is 11.9. The number of rotatable bonds is 5. The van der Waals surface area contributed by atoms with E-state index in [1.807, 2.05) is 42.5 Å². The van der Waals surface area contributed by atoms with Gasteiger partial charge < -0.3 is 0 Å². The molecule has 5 heteroatoms. The van der Waals surface area contributed by atoms with E-state index in [9.17, 15) is 0 Å². The van der Waals surface area contributed by atoms with Gasteiger partial charge in [0.2, 0.25) is 0 Å². The fourth-order valence-electron chi connectivity index (χ4n) is 9.41. The van der Waals surface area contributed by atoms with Crippen molar-refractivity contribution in [3.63, 3.8) is 0 Å². The highest BCUT2D eigenvalue weighted by Crippen LogP contribution is 2.63. The molecule has 0 amide bonds. The average Bonchev–Trinajstić information content (AvgIpc) is 3.94. The molecule has 0 saturated heterocycles. The number of fused-ring (bicyclic) bond motifs is 11. The van der Waals surface area contributed by atoms with Gasteiger partial charge in [0.1, 0.15) is 5.69 Å². The van der Waals surface area contributed by atoms with Crippen molar-refractivity contribution in [3.8, 4) is 73.4 Å². The van der Waals surface area contributed by atoms with Gasteiger partial charge in [-0.25, -0.2) is 19.6 Å². The zero-order valence-corrected chi connectivity index (χ0v) is 31.3. The molecule has 0 atom stereocenters. The Labute approximate surface area is 335 Å². The van der Waals surface area contributed by atoms with Crippen molar-refractivity contribution >= 4 is 10.9 Å². The summed E-state index contributed by atoms with van der Waals surface area (Å²) in [7, 11) is 0. The molecule has 2 aliphatic rings. The van der Waals surface area contributed by atoms with Crippen LogP contribution in [0.15, 0.2) is 200 Å². The van der Waals surface area contributed by atoms with Gasteiger partial charge >= 0.3 is 0 Å². The Morgan fingerprint density at radius 1 is 0.345 bits per heavy atom.